The summed E-state index contributed by atoms with van der Waals surface area (Å²) in [6.07, 6.45) is 12.0. The first-order chi connectivity index (χ1) is 13.8. The number of rotatable bonds is 13. The highest BCUT2D eigenvalue weighted by Crippen LogP contribution is 2.16. The van der Waals surface area contributed by atoms with Crippen molar-refractivity contribution in [2.45, 2.75) is 64.8 Å². The minimum Gasteiger partial charge on any atom is -0.494 e. The average molecular weight is 384 g/mol. The molecule has 0 fully saturated rings. The molecule has 1 aromatic heterocycles. The van der Waals surface area contributed by atoms with Gasteiger partial charge in [-0.15, -0.1) is 0 Å². The van der Waals surface area contributed by atoms with Crippen molar-refractivity contribution in [2.75, 3.05) is 11.9 Å². The Kier molecular flexibility index (Phi) is 10.5. The van der Waals surface area contributed by atoms with Gasteiger partial charge in [-0.25, -0.2) is 4.79 Å². The molecule has 0 aliphatic heterocycles. The van der Waals surface area contributed by atoms with Gasteiger partial charge in [-0.1, -0.05) is 57.9 Å². The van der Waals surface area contributed by atoms with Gasteiger partial charge < -0.3 is 15.4 Å². The molecule has 0 bridgehead atoms. The highest BCUT2D eigenvalue weighted by atomic mass is 16.5. The first kappa shape index (κ1) is 21.7. The van der Waals surface area contributed by atoms with Gasteiger partial charge in [0.2, 0.25) is 0 Å². The van der Waals surface area contributed by atoms with E-state index < -0.39 is 0 Å². The van der Waals surface area contributed by atoms with E-state index in [1.54, 1.807) is 6.20 Å². The van der Waals surface area contributed by atoms with Crippen LogP contribution in [-0.2, 0) is 6.54 Å². The number of unbranched alkanes of at least 4 members (excludes halogenated alkanes) is 7. The van der Waals surface area contributed by atoms with Gasteiger partial charge in [0.15, 0.2) is 0 Å². The van der Waals surface area contributed by atoms with Gasteiger partial charge in [0, 0.05) is 11.9 Å². The van der Waals surface area contributed by atoms with Crippen molar-refractivity contribution >= 4 is 11.7 Å². The molecule has 2 N–H and O–H groups in total. The van der Waals surface area contributed by atoms with Crippen LogP contribution in [0.25, 0.3) is 0 Å². The summed E-state index contributed by atoms with van der Waals surface area (Å²) in [5, 5.41) is 5.60. The van der Waals surface area contributed by atoms with Crippen LogP contribution in [0.1, 0.15) is 64.0 Å². The molecule has 152 valence electrons. The van der Waals surface area contributed by atoms with Gasteiger partial charge in [-0.2, -0.15) is 0 Å². The van der Waals surface area contributed by atoms with Crippen molar-refractivity contribution in [1.29, 1.82) is 0 Å². The van der Waals surface area contributed by atoms with Gasteiger partial charge in [0.05, 0.1) is 18.8 Å². The summed E-state index contributed by atoms with van der Waals surface area (Å²) < 4.78 is 5.78. The van der Waals surface area contributed by atoms with Crippen LogP contribution in [0.4, 0.5) is 10.5 Å². The summed E-state index contributed by atoms with van der Waals surface area (Å²) in [6.45, 7) is 3.39. The Morgan fingerprint density at radius 2 is 1.64 bits per heavy atom. The van der Waals surface area contributed by atoms with Crippen molar-refractivity contribution in [3.05, 3.63) is 54.4 Å². The van der Waals surface area contributed by atoms with Crippen LogP contribution < -0.4 is 15.4 Å². The number of nitrogens with one attached hydrogen (secondary N) is 2. The van der Waals surface area contributed by atoms with Crippen LogP contribution in [0.2, 0.25) is 0 Å². The predicted octanol–water partition coefficient (Wildman–Crippen LogP) is 5.92. The Bertz CT molecular complexity index is 659. The maximum atomic E-state index is 11.9. The number of nitrogens with zero attached hydrogens (tertiary/aromatic N) is 1. The fourth-order valence-electron chi connectivity index (χ4n) is 2.91. The van der Waals surface area contributed by atoms with E-state index in [1.165, 1.54) is 44.9 Å². The number of hydrogen-bond acceptors (Lipinski definition) is 3. The maximum absolute atomic E-state index is 11.9. The molecule has 0 atom stereocenters. The van der Waals surface area contributed by atoms with Gasteiger partial charge in [0.25, 0.3) is 0 Å². The third-order valence-electron chi connectivity index (χ3n) is 4.54. The second-order valence-electron chi connectivity index (χ2n) is 6.98. The topological polar surface area (TPSA) is 63.2 Å². The Morgan fingerprint density at radius 3 is 2.32 bits per heavy atom. The number of aromatic nitrogens is 1. The minimum atomic E-state index is -0.252. The molecule has 0 aliphatic carbocycles. The predicted molar refractivity (Wildman–Crippen MR) is 115 cm³/mol. The van der Waals surface area contributed by atoms with Crippen molar-refractivity contribution in [3.8, 4) is 5.75 Å². The van der Waals surface area contributed by atoms with E-state index in [0.717, 1.165) is 30.2 Å². The number of anilines is 1. The van der Waals surface area contributed by atoms with Gasteiger partial charge >= 0.3 is 6.03 Å². The van der Waals surface area contributed by atoms with Crippen molar-refractivity contribution in [2.24, 2.45) is 0 Å². The Labute approximate surface area is 168 Å². The molecule has 2 amide bonds. The summed E-state index contributed by atoms with van der Waals surface area (Å²) in [4.78, 5) is 16.1. The number of urea groups is 1. The van der Waals surface area contributed by atoms with E-state index in [9.17, 15) is 4.79 Å². The third-order valence-corrected chi connectivity index (χ3v) is 4.54. The Morgan fingerprint density at radius 1 is 0.929 bits per heavy atom. The van der Waals surface area contributed by atoms with E-state index >= 15 is 0 Å². The lowest BCUT2D eigenvalue weighted by molar-refractivity contribution is 0.251. The molecule has 0 aliphatic rings. The smallest absolute Gasteiger partial charge is 0.319 e. The third kappa shape index (κ3) is 9.40. The number of carbonyl (C=O) groups excluding carboxylic acids is 1. The molecular formula is C23H33N3O2. The Hall–Kier alpha value is -2.56. The van der Waals surface area contributed by atoms with Crippen molar-refractivity contribution in [1.82, 2.24) is 10.3 Å². The summed E-state index contributed by atoms with van der Waals surface area (Å²) >= 11 is 0. The largest absolute Gasteiger partial charge is 0.494 e. The van der Waals surface area contributed by atoms with Gasteiger partial charge in [0.1, 0.15) is 5.75 Å². The van der Waals surface area contributed by atoms with E-state index in [4.69, 9.17) is 4.74 Å². The highest BCUT2D eigenvalue weighted by Gasteiger charge is 2.03. The summed E-state index contributed by atoms with van der Waals surface area (Å²) in [6, 6.07) is 12.8. The second-order valence-corrected chi connectivity index (χ2v) is 6.98. The molecule has 0 unspecified atom stereocenters. The van der Waals surface area contributed by atoms with Crippen LogP contribution in [0.3, 0.4) is 0 Å². The SMILES string of the molecule is CCCCCCCCCCOc1ccc(NC(=O)NCc2ccccn2)cc1. The zero-order chi connectivity index (χ0) is 19.9. The summed E-state index contributed by atoms with van der Waals surface area (Å²) in [7, 11) is 0. The minimum absolute atomic E-state index is 0.252. The molecule has 0 saturated heterocycles. The maximum Gasteiger partial charge on any atom is 0.319 e. The Balaban J connectivity index is 1.56. The number of hydrogen-bond donors (Lipinski definition) is 2. The molecule has 1 aromatic carbocycles. The fourth-order valence-corrected chi connectivity index (χ4v) is 2.91. The molecule has 28 heavy (non-hydrogen) atoms. The number of carbonyl (C=O) groups is 1. The lowest BCUT2D eigenvalue weighted by Crippen LogP contribution is -2.28. The van der Waals surface area contributed by atoms with E-state index in [1.807, 2.05) is 42.5 Å². The second kappa shape index (κ2) is 13.6. The van der Waals surface area contributed by atoms with Crippen LogP contribution in [0.15, 0.2) is 48.7 Å². The molecule has 0 spiro atoms. The van der Waals surface area contributed by atoms with E-state index in [0.29, 0.717) is 6.54 Å². The lowest BCUT2D eigenvalue weighted by atomic mass is 10.1. The molecule has 0 saturated carbocycles. The highest BCUT2D eigenvalue weighted by molar-refractivity contribution is 5.89. The summed E-state index contributed by atoms with van der Waals surface area (Å²) in [5.74, 6) is 0.836. The zero-order valence-corrected chi connectivity index (χ0v) is 17.0. The lowest BCUT2D eigenvalue weighted by Gasteiger charge is -2.09. The van der Waals surface area contributed by atoms with Gasteiger partial charge in [-0.05, 0) is 42.8 Å². The van der Waals surface area contributed by atoms with E-state index in [2.05, 4.69) is 22.5 Å². The number of pyridine rings is 1. The average Bonchev–Trinajstić information content (AvgIpc) is 2.73. The van der Waals surface area contributed by atoms with Crippen LogP contribution in [0.5, 0.6) is 5.75 Å². The molecule has 1 heterocycles. The molecule has 2 rings (SSSR count). The van der Waals surface area contributed by atoms with Crippen LogP contribution >= 0.6 is 0 Å². The molecule has 0 radical (unpaired) electrons. The quantitative estimate of drug-likeness (QED) is 0.422. The number of benzene rings is 1. The monoisotopic (exact) mass is 383 g/mol. The standard InChI is InChI=1S/C23H33N3O2/c1-2-3-4-5-6-7-8-11-18-28-22-15-13-20(14-16-22)26-23(27)25-19-21-12-9-10-17-24-21/h9-10,12-17H,2-8,11,18-19H2,1H3,(H2,25,26,27). The normalized spacial score (nSPS) is 10.5. The van der Waals surface area contributed by atoms with E-state index in [-0.39, 0.29) is 6.03 Å². The molecule has 2 aromatic rings. The first-order valence-corrected chi connectivity index (χ1v) is 10.5. The number of amides is 2. The number of ether oxygens (including phenoxy) is 1. The zero-order valence-electron chi connectivity index (χ0n) is 17.0. The van der Waals surface area contributed by atoms with Crippen LogP contribution in [0, 0.1) is 0 Å². The van der Waals surface area contributed by atoms with Crippen molar-refractivity contribution in [3.63, 3.8) is 0 Å². The van der Waals surface area contributed by atoms with Gasteiger partial charge in [-0.3, -0.25) is 4.98 Å². The summed E-state index contributed by atoms with van der Waals surface area (Å²) in [5.41, 5.74) is 1.56. The fraction of sp³-hybridized carbons (Fsp3) is 0.478. The first-order valence-electron chi connectivity index (χ1n) is 10.5. The van der Waals surface area contributed by atoms with Crippen molar-refractivity contribution < 1.29 is 9.53 Å². The molecule has 5 nitrogen and oxygen atoms in total. The van der Waals surface area contributed by atoms with Crippen LogP contribution in [-0.4, -0.2) is 17.6 Å². The molecule has 5 heteroatoms. The molecular weight excluding hydrogens is 350 g/mol.